The van der Waals surface area contributed by atoms with Crippen molar-refractivity contribution in [2.45, 2.75) is 17.4 Å². The fraction of sp³-hybridized carbons (Fsp3) is 0.227. The molecule has 176 valence electrons. The first kappa shape index (κ1) is 23.6. The summed E-state index contributed by atoms with van der Waals surface area (Å²) in [6, 6.07) is 9.93. The number of hydrogen-bond acceptors (Lipinski definition) is 8. The first-order valence-electron chi connectivity index (χ1n) is 10.2. The molecule has 0 bridgehead atoms. The molecular formula is C22H20FIN6O4. The van der Waals surface area contributed by atoms with Crippen molar-refractivity contribution >= 4 is 28.4 Å². The summed E-state index contributed by atoms with van der Waals surface area (Å²) in [7, 11) is 1.45. The molecule has 3 heterocycles. The molecule has 0 radical (unpaired) electrons. The summed E-state index contributed by atoms with van der Waals surface area (Å²) >= 11 is 2.22. The third kappa shape index (κ3) is 5.50. The minimum Gasteiger partial charge on any atom is -0.467 e. The number of anilines is 1. The van der Waals surface area contributed by atoms with Crippen molar-refractivity contribution in [3.05, 3.63) is 86.3 Å². The Morgan fingerprint density at radius 3 is 2.82 bits per heavy atom. The Hall–Kier alpha value is -3.55. The number of methoxy groups -OCH3 is 1. The molecule has 4 aromatic rings. The van der Waals surface area contributed by atoms with Gasteiger partial charge in [-0.15, -0.1) is 5.10 Å². The van der Waals surface area contributed by atoms with Gasteiger partial charge in [-0.3, -0.25) is 4.79 Å². The third-order valence-electron chi connectivity index (χ3n) is 5.00. The number of nitrogens with zero attached hydrogens (tertiary/aromatic N) is 4. The molecule has 0 aliphatic rings. The molecule has 4 rings (SSSR count). The Morgan fingerprint density at radius 2 is 2.09 bits per heavy atom. The zero-order valence-electron chi connectivity index (χ0n) is 18.0. The molecule has 0 saturated heterocycles. The summed E-state index contributed by atoms with van der Waals surface area (Å²) < 4.78 is 26.4. The average Bonchev–Trinajstić information content (AvgIpc) is 3.25. The first-order chi connectivity index (χ1) is 16.5. The van der Waals surface area contributed by atoms with E-state index < -0.39 is 5.76 Å². The van der Waals surface area contributed by atoms with Crippen LogP contribution in [0.5, 0.6) is 6.01 Å². The van der Waals surface area contributed by atoms with Crippen LogP contribution in [0.2, 0.25) is 0 Å². The highest BCUT2D eigenvalue weighted by atomic mass is 127. The molecule has 34 heavy (non-hydrogen) atoms. The van der Waals surface area contributed by atoms with Crippen LogP contribution in [-0.2, 0) is 17.4 Å². The average molecular weight is 578 g/mol. The maximum Gasteiger partial charge on any atom is 0.434 e. The number of rotatable bonds is 9. The van der Waals surface area contributed by atoms with E-state index in [0.717, 1.165) is 5.56 Å². The lowest BCUT2D eigenvalue weighted by molar-refractivity contribution is 0.381. The number of aromatic amines is 1. The molecule has 0 unspecified atom stereocenters. The largest absolute Gasteiger partial charge is 0.467 e. The van der Waals surface area contributed by atoms with E-state index in [1.165, 1.54) is 23.8 Å². The highest BCUT2D eigenvalue weighted by molar-refractivity contribution is 14.1. The lowest BCUT2D eigenvalue weighted by Crippen LogP contribution is -2.19. The molecule has 3 aromatic heterocycles. The summed E-state index contributed by atoms with van der Waals surface area (Å²) in [5.41, 5.74) is 2.44. The first-order valence-corrected chi connectivity index (χ1v) is 11.7. The molecule has 10 nitrogen and oxygen atoms in total. The highest BCUT2D eigenvalue weighted by Crippen LogP contribution is 2.22. The number of hydrogen-bond donors (Lipinski definition) is 2. The molecule has 0 aliphatic heterocycles. The number of aromatic nitrogens is 5. The van der Waals surface area contributed by atoms with Crippen LogP contribution in [-0.4, -0.2) is 38.4 Å². The van der Waals surface area contributed by atoms with Gasteiger partial charge in [-0.2, -0.15) is 9.97 Å². The molecule has 0 aliphatic carbocycles. The van der Waals surface area contributed by atoms with Gasteiger partial charge in [-0.25, -0.2) is 14.3 Å². The SMILES string of the molecule is COc1nc(NCCc2c(F)cccc2CI)cc(-c2ccc(=O)n(Cc3n[nH]c(=O)o3)c2)n1. The fourth-order valence-electron chi connectivity index (χ4n) is 3.36. The van der Waals surface area contributed by atoms with Crippen molar-refractivity contribution in [1.82, 2.24) is 24.7 Å². The van der Waals surface area contributed by atoms with E-state index in [4.69, 9.17) is 9.15 Å². The van der Waals surface area contributed by atoms with E-state index in [1.807, 2.05) is 6.07 Å². The molecule has 1 aromatic carbocycles. The van der Waals surface area contributed by atoms with Gasteiger partial charge >= 0.3 is 11.8 Å². The second kappa shape index (κ2) is 10.6. The Bertz CT molecular complexity index is 1420. The Morgan fingerprint density at radius 1 is 1.24 bits per heavy atom. The Labute approximate surface area is 206 Å². The van der Waals surface area contributed by atoms with E-state index in [1.54, 1.807) is 24.4 Å². The second-order valence-corrected chi connectivity index (χ2v) is 7.97. The van der Waals surface area contributed by atoms with Crippen LogP contribution < -0.4 is 21.4 Å². The lowest BCUT2D eigenvalue weighted by atomic mass is 10.1. The number of nitrogens with one attached hydrogen (secondary N) is 2. The molecule has 0 fully saturated rings. The van der Waals surface area contributed by atoms with Gasteiger partial charge < -0.3 is 19.0 Å². The van der Waals surface area contributed by atoms with Gasteiger partial charge in [0.05, 0.1) is 12.8 Å². The number of pyridine rings is 1. The van der Waals surface area contributed by atoms with Crippen LogP contribution in [0.15, 0.2) is 56.6 Å². The van der Waals surface area contributed by atoms with Crippen LogP contribution >= 0.6 is 22.6 Å². The van der Waals surface area contributed by atoms with Crippen LogP contribution in [0.3, 0.4) is 0 Å². The summed E-state index contributed by atoms with van der Waals surface area (Å²) in [5.74, 6) is -0.362. The van der Waals surface area contributed by atoms with E-state index in [-0.39, 0.29) is 29.8 Å². The van der Waals surface area contributed by atoms with Gasteiger partial charge in [-0.05, 0) is 29.7 Å². The molecule has 12 heteroatoms. The number of H-pyrrole nitrogens is 1. The predicted molar refractivity (Wildman–Crippen MR) is 131 cm³/mol. The number of ether oxygens (including phenoxy) is 1. The van der Waals surface area contributed by atoms with Crippen molar-refractivity contribution in [3.8, 4) is 17.3 Å². The van der Waals surface area contributed by atoms with E-state index >= 15 is 0 Å². The Kier molecular flexibility index (Phi) is 7.35. The number of halogens is 2. The van der Waals surface area contributed by atoms with Gasteiger partial charge in [0.25, 0.3) is 5.56 Å². The molecule has 0 spiro atoms. The molecule has 0 atom stereocenters. The third-order valence-corrected chi connectivity index (χ3v) is 5.82. The van der Waals surface area contributed by atoms with Crippen molar-refractivity contribution in [2.24, 2.45) is 0 Å². The van der Waals surface area contributed by atoms with Crippen molar-refractivity contribution < 1.29 is 13.5 Å². The second-order valence-electron chi connectivity index (χ2n) is 7.20. The summed E-state index contributed by atoms with van der Waals surface area (Å²) in [6.07, 6.45) is 2.06. The zero-order chi connectivity index (χ0) is 24.1. The molecule has 0 saturated carbocycles. The van der Waals surface area contributed by atoms with Crippen molar-refractivity contribution in [3.63, 3.8) is 0 Å². The van der Waals surface area contributed by atoms with Crippen LogP contribution in [0.4, 0.5) is 10.2 Å². The van der Waals surface area contributed by atoms with Gasteiger partial charge in [0.2, 0.25) is 5.89 Å². The normalized spacial score (nSPS) is 10.9. The zero-order valence-corrected chi connectivity index (χ0v) is 20.2. The van der Waals surface area contributed by atoms with Gasteiger partial charge in [0, 0.05) is 34.9 Å². The van der Waals surface area contributed by atoms with Gasteiger partial charge in [0.1, 0.15) is 18.2 Å². The number of alkyl halides is 1. The van der Waals surface area contributed by atoms with Crippen LogP contribution in [0.25, 0.3) is 11.3 Å². The minimum absolute atomic E-state index is 0.0273. The number of benzene rings is 1. The van der Waals surface area contributed by atoms with Crippen LogP contribution in [0.1, 0.15) is 17.0 Å². The standard InChI is InChI=1S/C22H20FIN6O4/c1-33-21-26-17(14-5-6-20(31)30(11-14)12-19-28-29-22(32)34-19)9-18(27-21)25-8-7-15-13(10-24)3-2-4-16(15)23/h2-6,9,11H,7-8,10,12H2,1H3,(H,29,32)(H,25,26,27). The van der Waals surface area contributed by atoms with Crippen molar-refractivity contribution in [2.75, 3.05) is 19.0 Å². The molecule has 0 amide bonds. The van der Waals surface area contributed by atoms with Gasteiger partial charge in [-0.1, -0.05) is 34.7 Å². The van der Waals surface area contributed by atoms with E-state index in [0.29, 0.717) is 40.0 Å². The minimum atomic E-state index is -0.698. The summed E-state index contributed by atoms with van der Waals surface area (Å²) in [5, 5.41) is 9.08. The fourth-order valence-corrected chi connectivity index (χ4v) is 4.07. The quantitative estimate of drug-likeness (QED) is 0.229. The maximum atomic E-state index is 14.3. The lowest BCUT2D eigenvalue weighted by Gasteiger charge is -2.12. The highest BCUT2D eigenvalue weighted by Gasteiger charge is 2.12. The molecular weight excluding hydrogens is 558 g/mol. The monoisotopic (exact) mass is 578 g/mol. The van der Waals surface area contributed by atoms with E-state index in [9.17, 15) is 14.0 Å². The maximum absolute atomic E-state index is 14.3. The van der Waals surface area contributed by atoms with Gasteiger partial charge in [0.15, 0.2) is 0 Å². The predicted octanol–water partition coefficient (Wildman–Crippen LogP) is 2.77. The van der Waals surface area contributed by atoms with E-state index in [2.05, 4.69) is 48.1 Å². The van der Waals surface area contributed by atoms with Crippen LogP contribution in [0, 0.1) is 5.82 Å². The summed E-state index contributed by atoms with van der Waals surface area (Å²) in [6.45, 7) is 0.419. The Balaban J connectivity index is 1.56. The topological polar surface area (TPSA) is 128 Å². The summed E-state index contributed by atoms with van der Waals surface area (Å²) in [4.78, 5) is 32.1. The smallest absolute Gasteiger partial charge is 0.434 e. The molecule has 2 N–H and O–H groups in total. The van der Waals surface area contributed by atoms with Crippen molar-refractivity contribution in [1.29, 1.82) is 0 Å².